The highest BCUT2D eigenvalue weighted by molar-refractivity contribution is 6.37. The van der Waals surface area contributed by atoms with E-state index in [0.29, 0.717) is 0 Å². The first-order valence-corrected chi connectivity index (χ1v) is 13.9. The van der Waals surface area contributed by atoms with Gasteiger partial charge in [0.15, 0.2) is 11.2 Å². The van der Waals surface area contributed by atoms with Gasteiger partial charge >= 0.3 is 0 Å². The molecule has 234 valence electrons. The summed E-state index contributed by atoms with van der Waals surface area (Å²) in [7, 11) is 1.08. The van der Waals surface area contributed by atoms with Crippen LogP contribution >= 0.6 is 11.6 Å². The number of fused-ring (bicyclic) bond motifs is 4. The van der Waals surface area contributed by atoms with E-state index in [1.54, 1.807) is 0 Å². The number of hydrogen-bond acceptors (Lipinski definition) is 13. The molecule has 0 aliphatic heterocycles. The lowest BCUT2D eigenvalue weighted by molar-refractivity contribution is -0.102. The zero-order valence-electron chi connectivity index (χ0n) is 23.3. The predicted octanol–water partition coefficient (Wildman–Crippen LogP) is -2.70. The Bertz CT molecular complexity index is 2460. The number of phenols is 1. The number of aromatic nitrogens is 1. The van der Waals surface area contributed by atoms with E-state index in [9.17, 15) is 59.7 Å². The third-order valence-corrected chi connectivity index (χ3v) is 9.30. The van der Waals surface area contributed by atoms with Crippen molar-refractivity contribution < 1.29 is 40.5 Å². The number of aromatic hydroxyl groups is 1. The quantitative estimate of drug-likeness (QED) is 0.111. The van der Waals surface area contributed by atoms with Crippen LogP contribution in [0.25, 0.3) is 22.3 Å². The molecule has 15 heteroatoms. The second kappa shape index (κ2) is 9.95. The number of aromatic amines is 1. The van der Waals surface area contributed by atoms with Crippen LogP contribution in [-0.2, 0) is 11.8 Å². The Morgan fingerprint density at radius 2 is 1.47 bits per heavy atom. The van der Waals surface area contributed by atoms with Crippen LogP contribution in [0.3, 0.4) is 0 Å². The third kappa shape index (κ3) is 3.74. The molecule has 45 heavy (non-hydrogen) atoms. The number of aliphatic hydroxyl groups is 6. The van der Waals surface area contributed by atoms with Crippen LogP contribution in [-0.4, -0.2) is 66.2 Å². The molecule has 8 N–H and O–H groups in total. The minimum Gasteiger partial charge on any atom is -0.510 e. The molecule has 1 aromatic carbocycles. The normalized spacial score (nSPS) is 20.1. The molecule has 0 saturated heterocycles. The van der Waals surface area contributed by atoms with Crippen molar-refractivity contribution in [3.63, 3.8) is 0 Å². The number of rotatable bonds is 5. The van der Waals surface area contributed by atoms with Crippen LogP contribution in [0.15, 0.2) is 36.1 Å². The number of aliphatic hydroxyl groups excluding tert-OH is 6. The highest BCUT2D eigenvalue weighted by Gasteiger charge is 2.54. The average molecular weight is 642 g/mol. The summed E-state index contributed by atoms with van der Waals surface area (Å²) < 4.78 is 4.86. The second-order valence-corrected chi connectivity index (χ2v) is 11.6. The van der Waals surface area contributed by atoms with Crippen LogP contribution in [0.5, 0.6) is 11.5 Å². The minimum absolute atomic E-state index is 0.0864. The molecule has 0 bridgehead atoms. The van der Waals surface area contributed by atoms with Crippen molar-refractivity contribution in [1.29, 1.82) is 0 Å². The summed E-state index contributed by atoms with van der Waals surface area (Å²) in [6.45, 7) is 1.17. The van der Waals surface area contributed by atoms with Gasteiger partial charge in [0.25, 0.3) is 5.56 Å². The Balaban J connectivity index is 1.69. The number of hydrogen-bond donors (Lipinski definition) is 8. The first-order valence-electron chi connectivity index (χ1n) is 13.5. The fourth-order valence-corrected chi connectivity index (χ4v) is 6.97. The van der Waals surface area contributed by atoms with Crippen molar-refractivity contribution in [1.82, 2.24) is 4.98 Å². The van der Waals surface area contributed by atoms with Gasteiger partial charge in [-0.3, -0.25) is 24.0 Å². The molecule has 2 aromatic rings. The number of pyridine rings is 1. The van der Waals surface area contributed by atoms with Crippen molar-refractivity contribution in [3.8, 4) is 11.5 Å². The summed E-state index contributed by atoms with van der Waals surface area (Å²) in [6.07, 6.45) is -7.48. The largest absolute Gasteiger partial charge is 0.510 e. The maximum Gasteiger partial charge on any atom is 0.259 e. The van der Waals surface area contributed by atoms with Gasteiger partial charge in [-0.05, 0) is 31.4 Å². The highest BCUT2D eigenvalue weighted by atomic mass is 35.5. The summed E-state index contributed by atoms with van der Waals surface area (Å²) in [6, 6.07) is 1.85. The van der Waals surface area contributed by atoms with Crippen LogP contribution in [0, 0.1) is 10.4 Å². The lowest BCUT2D eigenvalue weighted by Crippen LogP contribution is -2.51. The van der Waals surface area contributed by atoms with Crippen LogP contribution in [0.2, 0.25) is 5.02 Å². The zero-order chi connectivity index (χ0) is 33.0. The lowest BCUT2D eigenvalue weighted by Gasteiger charge is -2.28. The number of benzene rings is 1. The monoisotopic (exact) mass is 641 g/mol. The van der Waals surface area contributed by atoms with Crippen molar-refractivity contribution >= 4 is 33.9 Å². The average Bonchev–Trinajstić information content (AvgIpc) is 3.51. The molecule has 1 aromatic heterocycles. The Labute approximate surface area is 253 Å². The summed E-state index contributed by atoms with van der Waals surface area (Å²) in [5.41, 5.74) is -8.32. The molecule has 4 unspecified atom stereocenters. The number of methoxy groups -OCH3 is 1. The molecule has 0 saturated carbocycles. The van der Waals surface area contributed by atoms with Gasteiger partial charge < -0.3 is 45.5 Å². The molecular weight excluding hydrogens is 618 g/mol. The van der Waals surface area contributed by atoms with Crippen LogP contribution in [0.4, 0.5) is 0 Å². The van der Waals surface area contributed by atoms with Gasteiger partial charge in [-0.2, -0.15) is 0 Å². The fourth-order valence-electron chi connectivity index (χ4n) is 6.63. The molecule has 4 aliphatic rings. The van der Waals surface area contributed by atoms with Gasteiger partial charge in [0.1, 0.15) is 41.0 Å². The molecule has 14 nitrogen and oxygen atoms in total. The Morgan fingerprint density at radius 3 is 2.04 bits per heavy atom. The molecule has 1 spiro atoms. The molecule has 5 atom stereocenters. The molecule has 0 radical (unpaired) electrons. The lowest BCUT2D eigenvalue weighted by atomic mass is 9.78. The Kier molecular flexibility index (Phi) is 6.73. The number of halogens is 1. The number of phenolic OH excluding ortho intramolecular Hbond substituents is 1. The topological polar surface area (TPSA) is 252 Å². The first kappa shape index (κ1) is 30.4. The summed E-state index contributed by atoms with van der Waals surface area (Å²) >= 11 is 6.69. The summed E-state index contributed by atoms with van der Waals surface area (Å²) in [5.74, 6) is -3.12. The van der Waals surface area contributed by atoms with Crippen molar-refractivity contribution in [2.45, 2.75) is 49.6 Å². The summed E-state index contributed by atoms with van der Waals surface area (Å²) in [4.78, 5) is 68.5. The van der Waals surface area contributed by atoms with E-state index in [0.717, 1.165) is 19.2 Å². The molecule has 6 rings (SSSR count). The molecule has 0 fully saturated rings. The predicted molar refractivity (Wildman–Crippen MR) is 157 cm³/mol. The van der Waals surface area contributed by atoms with E-state index in [1.807, 2.05) is 0 Å². The zero-order valence-corrected chi connectivity index (χ0v) is 24.1. The first-order chi connectivity index (χ1) is 21.1. The summed E-state index contributed by atoms with van der Waals surface area (Å²) in [5, 5.41) is 71.1. The number of H-pyrrole nitrogens is 1. The Morgan fingerprint density at radius 1 is 0.867 bits per heavy atom. The van der Waals surface area contributed by atoms with Crippen LogP contribution < -0.4 is 42.4 Å². The third-order valence-electron chi connectivity index (χ3n) is 8.86. The van der Waals surface area contributed by atoms with Crippen LogP contribution in [0.1, 0.15) is 36.3 Å². The van der Waals surface area contributed by atoms with Crippen molar-refractivity contribution in [3.05, 3.63) is 106 Å². The standard InChI is InChI=1S/C30H24ClNO13/c1-7(33)20(35)26(41)21(36)10-5-9-13(29(44)32-10)25(40)18-8(19(9)31)3-4-30(18)27(42)16-17(28(30)43)24(39)15-14(23(16)38)11(34)6-12(45-2)22(15)37/h5-7,20-21,26,33,35-36,40-43H,3-4H2,1-2H3,(H,32,44)/t7?,20?,21?,26?,30-/m1/s1. The SMILES string of the molecule is COc1cc(=O)c2c(=O)c3c(c(=O)c=2c1=O)=C(O)[C@@]1(CCc2c1c(O)c1c(=O)[nH]c(C(O)C(O)C(O)C(C)O)cc1c2Cl)C=3O. The fraction of sp³-hybridized carbons (Fsp3) is 0.300. The van der Waals surface area contributed by atoms with Gasteiger partial charge in [0.2, 0.25) is 16.3 Å². The number of ether oxygens (including phenoxy) is 1. The van der Waals surface area contributed by atoms with E-state index in [2.05, 4.69) is 4.98 Å². The van der Waals surface area contributed by atoms with Gasteiger partial charge in [-0.1, -0.05) is 11.6 Å². The highest BCUT2D eigenvalue weighted by Crippen LogP contribution is 2.56. The maximum absolute atomic E-state index is 13.6. The molecule has 4 aliphatic carbocycles. The van der Waals surface area contributed by atoms with E-state index in [-0.39, 0.29) is 40.1 Å². The number of nitrogens with one attached hydrogen (secondary N) is 1. The minimum atomic E-state index is -2.17. The van der Waals surface area contributed by atoms with Gasteiger partial charge in [-0.15, -0.1) is 0 Å². The molecular formula is C30H24ClNO13. The van der Waals surface area contributed by atoms with E-state index >= 15 is 0 Å². The van der Waals surface area contributed by atoms with Gasteiger partial charge in [0.05, 0.1) is 50.2 Å². The van der Waals surface area contributed by atoms with E-state index in [1.165, 1.54) is 6.92 Å². The van der Waals surface area contributed by atoms with E-state index in [4.69, 9.17) is 16.3 Å². The Hall–Kier alpha value is -4.60. The van der Waals surface area contributed by atoms with Gasteiger partial charge in [-0.25, -0.2) is 0 Å². The van der Waals surface area contributed by atoms with Gasteiger partial charge in [0, 0.05) is 17.0 Å². The van der Waals surface area contributed by atoms with Crippen molar-refractivity contribution in [2.75, 3.05) is 7.11 Å². The molecule has 1 heterocycles. The maximum atomic E-state index is 13.6. The smallest absolute Gasteiger partial charge is 0.259 e. The van der Waals surface area contributed by atoms with Crippen molar-refractivity contribution in [2.24, 2.45) is 0 Å². The molecule has 0 amide bonds. The second-order valence-electron chi connectivity index (χ2n) is 11.2. The van der Waals surface area contributed by atoms with E-state index < -0.39 is 106 Å².